The molecule has 31 heteroatoms. The summed E-state index contributed by atoms with van der Waals surface area (Å²) in [6.07, 6.45) is -12.3. The molecule has 2 heterocycles. The molecule has 0 aromatic carbocycles. The zero-order valence-electron chi connectivity index (χ0n) is 37.9. The lowest BCUT2D eigenvalue weighted by Gasteiger charge is -2.29. The second-order valence-electron chi connectivity index (χ2n) is 16.1. The van der Waals surface area contributed by atoms with Gasteiger partial charge in [-0.15, -0.1) is 11.8 Å². The Kier molecular flexibility index (Phi) is 25.2. The highest BCUT2D eigenvalue weighted by Crippen LogP contribution is 2.40. The summed E-state index contributed by atoms with van der Waals surface area (Å²) in [5.41, 5.74) is 9.89. The van der Waals surface area contributed by atoms with Crippen molar-refractivity contribution in [3.8, 4) is 0 Å². The van der Waals surface area contributed by atoms with Crippen LogP contribution >= 0.6 is 11.8 Å². The van der Waals surface area contributed by atoms with Crippen LogP contribution in [0.1, 0.15) is 64.7 Å². The Balaban J connectivity index is 2.38. The molecule has 21 N–H and O–H groups in total. The van der Waals surface area contributed by atoms with Crippen LogP contribution in [-0.4, -0.2) is 221 Å². The lowest BCUT2D eigenvalue weighted by molar-refractivity contribution is -0.724. The number of nitrogens with two attached hydrogens (primary N) is 2. The number of primary amides is 1. The summed E-state index contributed by atoms with van der Waals surface area (Å²) in [5.74, 6) is -4.52. The van der Waals surface area contributed by atoms with Crippen LogP contribution < -0.4 is 43.0 Å². The maximum Gasteiger partial charge on any atom is 0.500 e. The second-order valence-corrected chi connectivity index (χ2v) is 17.4. The summed E-state index contributed by atoms with van der Waals surface area (Å²) in [6, 6.07) is -6.28. The van der Waals surface area contributed by atoms with E-state index in [1.807, 2.05) is 5.32 Å². The van der Waals surface area contributed by atoms with E-state index in [2.05, 4.69) is 20.9 Å². The van der Waals surface area contributed by atoms with Crippen LogP contribution in [0.15, 0.2) is 22.1 Å². The number of aliphatic hydroxyl groups is 9. The number of rotatable bonds is 30. The molecule has 0 aliphatic carbocycles. The van der Waals surface area contributed by atoms with E-state index >= 15 is 0 Å². The largest absolute Gasteiger partial charge is 0.500 e. The molecule has 14 atom stereocenters. The smallest absolute Gasteiger partial charge is 0.480 e. The monoisotopic (exact) mass is 1000 g/mol. The fraction of sp³-hybridized carbons (Fsp3) is 0.757. The zero-order chi connectivity index (χ0) is 51.7. The molecule has 1 aliphatic heterocycles. The van der Waals surface area contributed by atoms with Gasteiger partial charge in [-0.25, -0.2) is 9.59 Å². The maximum absolute atomic E-state index is 13.8. The third-order valence-corrected chi connectivity index (χ3v) is 12.4. The van der Waals surface area contributed by atoms with Crippen LogP contribution in [0.4, 0.5) is 10.6 Å². The Morgan fingerprint density at radius 3 is 1.94 bits per heavy atom. The van der Waals surface area contributed by atoms with Crippen molar-refractivity contribution >= 4 is 47.1 Å². The number of aliphatic hydroxyl groups excluding tert-OH is 9. The molecule has 0 bridgehead atoms. The quantitative estimate of drug-likeness (QED) is 0.0147. The average molecular weight is 1000 g/mol. The topological polar surface area (TPSA) is 479 Å². The molecule has 68 heavy (non-hydrogen) atoms. The van der Waals surface area contributed by atoms with Crippen LogP contribution in [0.25, 0.3) is 0 Å². The van der Waals surface area contributed by atoms with Crippen molar-refractivity contribution < 1.29 is 90.4 Å². The SMILES string of the molecule is CC(O)N(O)CCC/C(=N/[C@@H](O)[C@@H](CCCN(O)C(C)O)N[C@@H](O)C(N)CCCN(O)C(C)O)C(=O)N[C@@H](CO)C(=O)N[C@@H](C(=O)O)[C@@H](O)[C@H]1S[C@@H]([n+]2ccc(NC(N)=O)n(C)c2=O)[C@@H](O)[C@@H]1O. The lowest BCUT2D eigenvalue weighted by atomic mass is 10.00. The number of thioether (sulfide) groups is 1. The molecule has 1 aliphatic rings. The summed E-state index contributed by atoms with van der Waals surface area (Å²) in [5, 5.41) is 142. The van der Waals surface area contributed by atoms with Gasteiger partial charge in [0.1, 0.15) is 49.0 Å². The van der Waals surface area contributed by atoms with Gasteiger partial charge in [0, 0.05) is 31.7 Å². The molecule has 1 aromatic rings. The number of aromatic nitrogens is 2. The van der Waals surface area contributed by atoms with Crippen molar-refractivity contribution in [3.05, 3.63) is 22.7 Å². The first kappa shape index (κ1) is 60.0. The second kappa shape index (κ2) is 28.5. The summed E-state index contributed by atoms with van der Waals surface area (Å²) in [4.78, 5) is 68.3. The van der Waals surface area contributed by atoms with Crippen LogP contribution in [0.2, 0.25) is 0 Å². The molecule has 30 nitrogen and oxygen atoms in total. The minimum atomic E-state index is -2.28. The highest BCUT2D eigenvalue weighted by Gasteiger charge is 2.52. The minimum absolute atomic E-state index is 0.0183. The van der Waals surface area contributed by atoms with E-state index in [9.17, 15) is 90.7 Å². The van der Waals surface area contributed by atoms with E-state index in [1.165, 1.54) is 33.9 Å². The van der Waals surface area contributed by atoms with Crippen LogP contribution in [0.5, 0.6) is 0 Å². The zero-order valence-corrected chi connectivity index (χ0v) is 38.7. The average Bonchev–Trinajstić information content (AvgIpc) is 3.56. The number of nitrogens with one attached hydrogen (secondary N) is 4. The predicted octanol–water partition coefficient (Wildman–Crippen LogP) is -7.30. The Labute approximate surface area is 393 Å². The summed E-state index contributed by atoms with van der Waals surface area (Å²) < 4.78 is 1.89. The number of anilines is 1. The molecule has 0 spiro atoms. The van der Waals surface area contributed by atoms with Crippen molar-refractivity contribution in [1.29, 1.82) is 0 Å². The molecule has 1 saturated heterocycles. The summed E-state index contributed by atoms with van der Waals surface area (Å²) in [7, 11) is 1.26. The van der Waals surface area contributed by atoms with Gasteiger partial charge in [0.2, 0.25) is 11.7 Å². The Morgan fingerprint density at radius 2 is 1.43 bits per heavy atom. The number of aliphatic carboxylic acids is 1. The maximum atomic E-state index is 13.8. The number of carboxylic acids is 1. The highest BCUT2D eigenvalue weighted by atomic mass is 32.2. The van der Waals surface area contributed by atoms with Gasteiger partial charge in [-0.1, -0.05) is 0 Å². The molecular formula is C37H69N12O18S+. The van der Waals surface area contributed by atoms with Crippen LogP contribution in [-0.2, 0) is 21.4 Å². The fourth-order valence-corrected chi connectivity index (χ4v) is 8.23. The molecule has 0 radical (unpaired) electrons. The van der Waals surface area contributed by atoms with Gasteiger partial charge >= 0.3 is 17.7 Å². The number of carbonyl (C=O) groups excluding carboxylic acids is 3. The van der Waals surface area contributed by atoms with Crippen molar-refractivity contribution in [2.24, 2.45) is 23.5 Å². The lowest BCUT2D eigenvalue weighted by Crippen LogP contribution is -2.59. The van der Waals surface area contributed by atoms with Gasteiger partial charge in [-0.2, -0.15) is 29.1 Å². The molecule has 0 saturated carbocycles. The van der Waals surface area contributed by atoms with Crippen molar-refractivity contribution in [3.63, 3.8) is 0 Å². The van der Waals surface area contributed by atoms with Crippen LogP contribution in [0, 0.1) is 0 Å². The van der Waals surface area contributed by atoms with Gasteiger partial charge in [0.05, 0.1) is 37.2 Å². The van der Waals surface area contributed by atoms with Crippen molar-refractivity contribution in [1.82, 2.24) is 35.7 Å². The number of hydrogen-bond donors (Lipinski definition) is 19. The molecular weight excluding hydrogens is 933 g/mol. The molecule has 1 aromatic heterocycles. The number of carboxylic acid groups (broad SMARTS) is 1. The van der Waals surface area contributed by atoms with Crippen molar-refractivity contribution in [2.45, 2.75) is 144 Å². The third kappa shape index (κ3) is 18.0. The molecule has 4 unspecified atom stereocenters. The van der Waals surface area contributed by atoms with E-state index in [0.717, 1.165) is 15.3 Å². The van der Waals surface area contributed by atoms with E-state index in [0.29, 0.717) is 27.0 Å². The van der Waals surface area contributed by atoms with E-state index in [4.69, 9.17) is 11.5 Å². The van der Waals surface area contributed by atoms with E-state index in [1.54, 1.807) is 0 Å². The third-order valence-electron chi connectivity index (χ3n) is 10.7. The predicted molar refractivity (Wildman–Crippen MR) is 235 cm³/mol. The van der Waals surface area contributed by atoms with Gasteiger partial charge in [0.25, 0.3) is 5.91 Å². The molecule has 1 fully saturated rings. The molecule has 2 rings (SSSR count). The first-order valence-electron chi connectivity index (χ1n) is 21.4. The molecule has 390 valence electrons. The first-order chi connectivity index (χ1) is 31.7. The Hall–Kier alpha value is -4.10. The first-order valence-corrected chi connectivity index (χ1v) is 22.3. The van der Waals surface area contributed by atoms with E-state index < -0.39 is 132 Å². The van der Waals surface area contributed by atoms with Gasteiger partial charge in [0.15, 0.2) is 17.6 Å². The number of aliphatic imine (C=N–C) groups is 1. The molecule has 4 amide bonds. The number of urea groups is 1. The Bertz CT molecular complexity index is 1870. The minimum Gasteiger partial charge on any atom is -0.480 e. The number of amides is 4. The van der Waals surface area contributed by atoms with Gasteiger partial charge in [-0.3, -0.25) is 25.2 Å². The normalized spacial score (nSPS) is 22.2. The Morgan fingerprint density at radius 1 is 0.882 bits per heavy atom. The number of carbonyl (C=O) groups is 4. The number of hydrogen-bond acceptors (Lipinski definition) is 24. The standard InChI is InChI=1S/C37H68N12O18S/c1-17(51)47(65)12-5-8-20(38)30(57)40-21(9-6-13-48(66)18(2)52)31(58)41-22(10-7-14-49(67)19(3)53)32(59)42-23(16-50)33(60)44-25(35(61)62)26(54)29-27(55)28(56)34(68-29)46-15-11-24(43-36(39)63)45(4)37(46)64/h11,15,17-21,23,25-31,34,40,50-58,65-67H,5-10,12-14,16,38H2,1-4H3,(H5,39,42,44,59,60,61,62,63)/p+1/b41-22-/t17?,18?,19?,20?,21-,23+,25-,26-,27+,28+,29-,30+,31+,34-/m1/s1. The van der Waals surface area contributed by atoms with Crippen molar-refractivity contribution in [2.75, 3.05) is 31.6 Å². The van der Waals surface area contributed by atoms with Gasteiger partial charge < -0.3 is 88.8 Å². The fourth-order valence-electron chi connectivity index (χ4n) is 6.65. The highest BCUT2D eigenvalue weighted by molar-refractivity contribution is 8.00. The summed E-state index contributed by atoms with van der Waals surface area (Å²) >= 11 is 0.574. The van der Waals surface area contributed by atoms with Gasteiger partial charge in [-0.05, 0) is 59.3 Å². The summed E-state index contributed by atoms with van der Waals surface area (Å²) in [6.45, 7) is 2.21. The van der Waals surface area contributed by atoms with E-state index in [-0.39, 0.29) is 57.6 Å². The van der Waals surface area contributed by atoms with Crippen LogP contribution in [0.3, 0.4) is 0 Å². The number of hydroxylamine groups is 6. The number of nitrogens with zero attached hydrogens (tertiary/aromatic N) is 6.